The van der Waals surface area contributed by atoms with Gasteiger partial charge >= 0.3 is 0 Å². The Balaban J connectivity index is 1.75. The summed E-state index contributed by atoms with van der Waals surface area (Å²) in [5, 5.41) is 6.26. The molecule has 3 rings (SSSR count). The summed E-state index contributed by atoms with van der Waals surface area (Å²) in [5.41, 5.74) is 8.89. The van der Waals surface area contributed by atoms with Crippen molar-refractivity contribution in [3.05, 3.63) is 47.1 Å². The first-order chi connectivity index (χ1) is 10.1. The predicted molar refractivity (Wildman–Crippen MR) is 85.3 cm³/mol. The number of nitrogens with two attached hydrogens (primary N) is 1. The number of benzene rings is 1. The van der Waals surface area contributed by atoms with E-state index in [0.717, 1.165) is 22.3 Å². The molecule has 0 unspecified atom stereocenters. The molecule has 0 saturated carbocycles. The van der Waals surface area contributed by atoms with Gasteiger partial charge in [0.25, 0.3) is 0 Å². The first-order valence-electron chi connectivity index (χ1n) is 6.47. The fraction of sp³-hybridized carbons (Fsp3) is 0.133. The van der Waals surface area contributed by atoms with Crippen LogP contribution in [0.25, 0.3) is 10.9 Å². The number of nitrogens with one attached hydrogen (secondary N) is 1. The Morgan fingerprint density at radius 3 is 2.90 bits per heavy atom. The summed E-state index contributed by atoms with van der Waals surface area (Å²) in [6.07, 6.45) is 0.221. The van der Waals surface area contributed by atoms with E-state index in [1.54, 1.807) is 6.07 Å². The Hall–Kier alpha value is -2.47. The molecular weight excluding hydrogens is 284 g/mol. The van der Waals surface area contributed by atoms with E-state index >= 15 is 0 Å². The van der Waals surface area contributed by atoms with Crippen molar-refractivity contribution < 1.29 is 4.79 Å². The quantitative estimate of drug-likeness (QED) is 0.729. The molecule has 0 aliphatic carbocycles. The van der Waals surface area contributed by atoms with Crippen LogP contribution < -0.4 is 11.1 Å². The van der Waals surface area contributed by atoms with Crippen molar-refractivity contribution in [3.8, 4) is 0 Å². The van der Waals surface area contributed by atoms with Gasteiger partial charge < -0.3 is 11.1 Å². The molecule has 0 atom stereocenters. The van der Waals surface area contributed by atoms with Crippen LogP contribution in [0.15, 0.2) is 35.7 Å². The van der Waals surface area contributed by atoms with E-state index in [2.05, 4.69) is 15.3 Å². The Kier molecular flexibility index (Phi) is 3.53. The maximum Gasteiger partial charge on any atom is 0.232 e. The van der Waals surface area contributed by atoms with Crippen molar-refractivity contribution in [2.45, 2.75) is 13.3 Å². The van der Waals surface area contributed by atoms with E-state index in [0.29, 0.717) is 10.8 Å². The van der Waals surface area contributed by atoms with E-state index < -0.39 is 0 Å². The highest BCUT2D eigenvalue weighted by Gasteiger charge is 2.08. The lowest BCUT2D eigenvalue weighted by molar-refractivity contribution is -0.115. The summed E-state index contributed by atoms with van der Waals surface area (Å²) in [7, 11) is 0. The van der Waals surface area contributed by atoms with Gasteiger partial charge in [-0.25, -0.2) is 4.98 Å². The maximum atomic E-state index is 12.0. The van der Waals surface area contributed by atoms with Gasteiger partial charge in [0.05, 0.1) is 23.3 Å². The van der Waals surface area contributed by atoms with Crippen molar-refractivity contribution in [2.24, 2.45) is 0 Å². The van der Waals surface area contributed by atoms with Crippen molar-refractivity contribution in [2.75, 3.05) is 11.1 Å². The maximum absolute atomic E-state index is 12.0. The van der Waals surface area contributed by atoms with Gasteiger partial charge in [-0.15, -0.1) is 11.3 Å². The van der Waals surface area contributed by atoms with Gasteiger partial charge in [-0.1, -0.05) is 6.07 Å². The summed E-state index contributed by atoms with van der Waals surface area (Å²) >= 11 is 1.42. The highest BCUT2D eigenvalue weighted by Crippen LogP contribution is 2.17. The topological polar surface area (TPSA) is 80.9 Å². The zero-order valence-electron chi connectivity index (χ0n) is 11.5. The fourth-order valence-electron chi connectivity index (χ4n) is 2.02. The van der Waals surface area contributed by atoms with Crippen molar-refractivity contribution >= 4 is 39.0 Å². The monoisotopic (exact) mass is 298 g/mol. The molecule has 2 aromatic heterocycles. The minimum atomic E-state index is -0.119. The van der Waals surface area contributed by atoms with Gasteiger partial charge in [-0.2, -0.15) is 0 Å². The number of anilines is 2. The van der Waals surface area contributed by atoms with Gasteiger partial charge in [0, 0.05) is 16.5 Å². The number of aromatic nitrogens is 2. The van der Waals surface area contributed by atoms with Crippen LogP contribution in [0.3, 0.4) is 0 Å². The zero-order chi connectivity index (χ0) is 14.8. The molecule has 0 fully saturated rings. The third-order valence-corrected chi connectivity index (χ3v) is 3.85. The first-order valence-corrected chi connectivity index (χ1v) is 7.35. The molecule has 0 aliphatic heterocycles. The molecule has 3 aromatic rings. The second-order valence-electron chi connectivity index (χ2n) is 4.77. The lowest BCUT2D eigenvalue weighted by Crippen LogP contribution is -2.15. The molecule has 0 saturated heterocycles. The molecule has 0 aliphatic rings. The van der Waals surface area contributed by atoms with Gasteiger partial charge in [0.15, 0.2) is 5.13 Å². The van der Waals surface area contributed by atoms with Crippen LogP contribution in [0.5, 0.6) is 0 Å². The first kappa shape index (κ1) is 13.5. The van der Waals surface area contributed by atoms with Crippen LogP contribution in [-0.2, 0) is 11.2 Å². The molecule has 6 heteroatoms. The number of hydrogen-bond acceptors (Lipinski definition) is 5. The third-order valence-electron chi connectivity index (χ3n) is 2.98. The van der Waals surface area contributed by atoms with Gasteiger partial charge in [-0.3, -0.25) is 9.78 Å². The molecule has 5 nitrogen and oxygen atoms in total. The molecule has 0 bridgehead atoms. The fourth-order valence-corrected chi connectivity index (χ4v) is 2.73. The van der Waals surface area contributed by atoms with E-state index in [1.807, 2.05) is 36.6 Å². The lowest BCUT2D eigenvalue weighted by Gasteiger charge is -2.04. The van der Waals surface area contributed by atoms with Gasteiger partial charge in [0.1, 0.15) is 0 Å². The molecule has 106 valence electrons. The second kappa shape index (κ2) is 5.49. The normalized spacial score (nSPS) is 10.7. The SMILES string of the molecule is Cc1csc(NC(=O)Cc2ccc3cc(N)ccc3n2)n1. The summed E-state index contributed by atoms with van der Waals surface area (Å²) in [5.74, 6) is -0.119. The Labute approximate surface area is 125 Å². The Bertz CT molecular complexity index is 812. The molecular formula is C15H14N4OS. The van der Waals surface area contributed by atoms with Crippen LogP contribution in [0.1, 0.15) is 11.4 Å². The van der Waals surface area contributed by atoms with E-state index in [4.69, 9.17) is 5.73 Å². The van der Waals surface area contributed by atoms with Crippen LogP contribution in [0.2, 0.25) is 0 Å². The van der Waals surface area contributed by atoms with Crippen LogP contribution in [0.4, 0.5) is 10.8 Å². The minimum absolute atomic E-state index is 0.119. The number of hydrogen-bond donors (Lipinski definition) is 2. The molecule has 1 aromatic carbocycles. The highest BCUT2D eigenvalue weighted by atomic mass is 32.1. The second-order valence-corrected chi connectivity index (χ2v) is 5.63. The number of fused-ring (bicyclic) bond motifs is 1. The van der Waals surface area contributed by atoms with E-state index in [1.165, 1.54) is 11.3 Å². The van der Waals surface area contributed by atoms with Crippen LogP contribution in [-0.4, -0.2) is 15.9 Å². The van der Waals surface area contributed by atoms with Crippen LogP contribution >= 0.6 is 11.3 Å². The number of thiazole rings is 1. The van der Waals surface area contributed by atoms with Crippen molar-refractivity contribution in [3.63, 3.8) is 0 Å². The molecule has 1 amide bonds. The molecule has 3 N–H and O–H groups in total. The van der Waals surface area contributed by atoms with E-state index in [-0.39, 0.29) is 12.3 Å². The van der Waals surface area contributed by atoms with E-state index in [9.17, 15) is 4.79 Å². The van der Waals surface area contributed by atoms with Crippen LogP contribution in [0, 0.1) is 6.92 Å². The third kappa shape index (κ3) is 3.17. The standard InChI is InChI=1S/C15H14N4OS/c1-9-8-21-15(17-9)19-14(20)7-12-4-2-10-6-11(16)3-5-13(10)18-12/h2-6,8H,7,16H2,1H3,(H,17,19,20). The molecule has 0 radical (unpaired) electrons. The number of rotatable bonds is 3. The summed E-state index contributed by atoms with van der Waals surface area (Å²) < 4.78 is 0. The lowest BCUT2D eigenvalue weighted by atomic mass is 10.1. The summed E-state index contributed by atoms with van der Waals surface area (Å²) in [6, 6.07) is 9.29. The number of carbonyl (C=O) groups is 1. The predicted octanol–water partition coefficient (Wildman–Crippen LogP) is 2.76. The van der Waals surface area contributed by atoms with Gasteiger partial charge in [-0.05, 0) is 31.2 Å². The molecule has 0 spiro atoms. The largest absolute Gasteiger partial charge is 0.399 e. The Morgan fingerprint density at radius 1 is 1.29 bits per heavy atom. The number of aryl methyl sites for hydroxylation is 1. The molecule has 21 heavy (non-hydrogen) atoms. The number of carbonyl (C=O) groups excluding carboxylic acids is 1. The summed E-state index contributed by atoms with van der Waals surface area (Å²) in [4.78, 5) is 20.7. The number of pyridine rings is 1. The minimum Gasteiger partial charge on any atom is -0.399 e. The molecule has 2 heterocycles. The zero-order valence-corrected chi connectivity index (χ0v) is 12.3. The van der Waals surface area contributed by atoms with Crippen molar-refractivity contribution in [1.29, 1.82) is 0 Å². The van der Waals surface area contributed by atoms with Gasteiger partial charge in [0.2, 0.25) is 5.91 Å². The number of nitrogen functional groups attached to an aromatic ring is 1. The Morgan fingerprint density at radius 2 is 2.14 bits per heavy atom. The number of amides is 1. The summed E-state index contributed by atoms with van der Waals surface area (Å²) in [6.45, 7) is 1.89. The number of nitrogens with zero attached hydrogens (tertiary/aromatic N) is 2. The average Bonchev–Trinajstić information content (AvgIpc) is 2.84. The van der Waals surface area contributed by atoms with Crippen molar-refractivity contribution in [1.82, 2.24) is 9.97 Å². The highest BCUT2D eigenvalue weighted by molar-refractivity contribution is 7.13. The average molecular weight is 298 g/mol. The smallest absolute Gasteiger partial charge is 0.232 e.